The SMILES string of the molecule is CCCOc1ccc(C(=O)NNC(=O)Cc2c[nH]c3ccccc23)cc1OCC. The largest absolute Gasteiger partial charge is 0.490 e. The molecule has 0 saturated carbocycles. The fraction of sp³-hybridized carbons (Fsp3) is 0.273. The van der Waals surface area contributed by atoms with Crippen molar-refractivity contribution in [1.82, 2.24) is 15.8 Å². The van der Waals surface area contributed by atoms with Crippen LogP contribution < -0.4 is 20.3 Å². The lowest BCUT2D eigenvalue weighted by Gasteiger charge is -2.13. The first-order valence-corrected chi connectivity index (χ1v) is 9.66. The zero-order valence-electron chi connectivity index (χ0n) is 16.6. The third kappa shape index (κ3) is 5.07. The maximum atomic E-state index is 12.4. The second-order valence-corrected chi connectivity index (χ2v) is 6.48. The summed E-state index contributed by atoms with van der Waals surface area (Å²) in [5.41, 5.74) is 7.10. The lowest BCUT2D eigenvalue weighted by Crippen LogP contribution is -2.42. The number of para-hydroxylation sites is 1. The number of hydrogen-bond acceptors (Lipinski definition) is 4. The van der Waals surface area contributed by atoms with Crippen molar-refractivity contribution in [3.05, 3.63) is 59.8 Å². The van der Waals surface area contributed by atoms with Gasteiger partial charge in [0.2, 0.25) is 5.91 Å². The number of amides is 2. The van der Waals surface area contributed by atoms with Crippen molar-refractivity contribution >= 4 is 22.7 Å². The van der Waals surface area contributed by atoms with E-state index in [0.29, 0.717) is 30.3 Å². The van der Waals surface area contributed by atoms with Gasteiger partial charge in [0.05, 0.1) is 19.6 Å². The number of nitrogens with one attached hydrogen (secondary N) is 3. The zero-order chi connectivity index (χ0) is 20.6. The standard InChI is InChI=1S/C22H25N3O4/c1-3-11-29-19-10-9-15(12-20(19)28-4-2)22(27)25-24-21(26)13-16-14-23-18-8-6-5-7-17(16)18/h5-10,12,14,23H,3-4,11,13H2,1-2H3,(H,24,26)(H,25,27). The van der Waals surface area contributed by atoms with Crippen molar-refractivity contribution in [3.63, 3.8) is 0 Å². The molecule has 3 rings (SSSR count). The van der Waals surface area contributed by atoms with E-state index in [1.807, 2.05) is 38.1 Å². The molecule has 0 saturated heterocycles. The highest BCUT2D eigenvalue weighted by Gasteiger charge is 2.13. The van der Waals surface area contributed by atoms with Crippen LogP contribution in [0, 0.1) is 0 Å². The van der Waals surface area contributed by atoms with E-state index in [2.05, 4.69) is 15.8 Å². The lowest BCUT2D eigenvalue weighted by atomic mass is 10.1. The number of carbonyl (C=O) groups excluding carboxylic acids is 2. The molecule has 3 aromatic rings. The molecular weight excluding hydrogens is 370 g/mol. The molecule has 1 heterocycles. The predicted octanol–water partition coefficient (Wildman–Crippen LogP) is 3.36. The molecule has 0 spiro atoms. The summed E-state index contributed by atoms with van der Waals surface area (Å²) >= 11 is 0. The molecule has 0 bridgehead atoms. The number of hydrogen-bond donors (Lipinski definition) is 3. The van der Waals surface area contributed by atoms with Gasteiger partial charge in [-0.05, 0) is 43.2 Å². The molecule has 1 aromatic heterocycles. The van der Waals surface area contributed by atoms with Crippen LogP contribution in [0.25, 0.3) is 10.9 Å². The highest BCUT2D eigenvalue weighted by atomic mass is 16.5. The summed E-state index contributed by atoms with van der Waals surface area (Å²) in [7, 11) is 0. The molecular formula is C22H25N3O4. The Morgan fingerprint density at radius 3 is 2.62 bits per heavy atom. The van der Waals surface area contributed by atoms with Crippen molar-refractivity contribution < 1.29 is 19.1 Å². The van der Waals surface area contributed by atoms with Gasteiger partial charge in [-0.15, -0.1) is 0 Å². The van der Waals surface area contributed by atoms with E-state index in [0.717, 1.165) is 22.9 Å². The molecule has 2 amide bonds. The van der Waals surface area contributed by atoms with Crippen LogP contribution in [0.15, 0.2) is 48.7 Å². The van der Waals surface area contributed by atoms with Crippen LogP contribution in [0.1, 0.15) is 36.2 Å². The van der Waals surface area contributed by atoms with Crippen LogP contribution in [0.3, 0.4) is 0 Å². The van der Waals surface area contributed by atoms with E-state index in [-0.39, 0.29) is 12.3 Å². The molecule has 152 valence electrons. The van der Waals surface area contributed by atoms with E-state index in [1.165, 1.54) is 0 Å². The highest BCUT2D eigenvalue weighted by molar-refractivity contribution is 5.96. The van der Waals surface area contributed by atoms with Crippen LogP contribution in [0.2, 0.25) is 0 Å². The van der Waals surface area contributed by atoms with Crippen molar-refractivity contribution in [2.75, 3.05) is 13.2 Å². The van der Waals surface area contributed by atoms with Crippen LogP contribution in [-0.2, 0) is 11.2 Å². The summed E-state index contributed by atoms with van der Waals surface area (Å²) in [5, 5.41) is 0.984. The number of aromatic amines is 1. The Morgan fingerprint density at radius 2 is 1.83 bits per heavy atom. The third-order valence-electron chi connectivity index (χ3n) is 4.31. The summed E-state index contributed by atoms with van der Waals surface area (Å²) in [6, 6.07) is 12.7. The molecule has 7 nitrogen and oxygen atoms in total. The number of hydrazine groups is 1. The Bertz CT molecular complexity index is 997. The Balaban J connectivity index is 1.60. The predicted molar refractivity (Wildman–Crippen MR) is 111 cm³/mol. The van der Waals surface area contributed by atoms with Gasteiger partial charge >= 0.3 is 0 Å². The molecule has 0 radical (unpaired) electrons. The highest BCUT2D eigenvalue weighted by Crippen LogP contribution is 2.28. The number of H-pyrrole nitrogens is 1. The van der Waals surface area contributed by atoms with Gasteiger partial charge in [-0.25, -0.2) is 0 Å². The molecule has 0 fully saturated rings. The maximum absolute atomic E-state index is 12.4. The van der Waals surface area contributed by atoms with Gasteiger partial charge in [-0.1, -0.05) is 25.1 Å². The summed E-state index contributed by atoms with van der Waals surface area (Å²) in [4.78, 5) is 27.8. The van der Waals surface area contributed by atoms with Crippen molar-refractivity contribution in [1.29, 1.82) is 0 Å². The second kappa shape index (κ2) is 9.64. The average molecular weight is 395 g/mol. The van der Waals surface area contributed by atoms with Crippen molar-refractivity contribution in [2.45, 2.75) is 26.7 Å². The minimum absolute atomic E-state index is 0.151. The summed E-state index contributed by atoms with van der Waals surface area (Å²) in [5.74, 6) is 0.351. The fourth-order valence-corrected chi connectivity index (χ4v) is 2.94. The van der Waals surface area contributed by atoms with Gasteiger partial charge in [0.1, 0.15) is 0 Å². The molecule has 0 unspecified atom stereocenters. The van der Waals surface area contributed by atoms with E-state index in [9.17, 15) is 9.59 Å². The normalized spacial score (nSPS) is 10.6. The first-order valence-electron chi connectivity index (χ1n) is 9.66. The molecule has 0 aliphatic rings. The number of fused-ring (bicyclic) bond motifs is 1. The fourth-order valence-electron chi connectivity index (χ4n) is 2.94. The molecule has 0 aliphatic heterocycles. The number of aromatic nitrogens is 1. The van der Waals surface area contributed by atoms with Crippen LogP contribution in [-0.4, -0.2) is 30.0 Å². The topological polar surface area (TPSA) is 92.5 Å². The minimum atomic E-state index is -0.430. The molecule has 29 heavy (non-hydrogen) atoms. The monoisotopic (exact) mass is 395 g/mol. The smallest absolute Gasteiger partial charge is 0.269 e. The Morgan fingerprint density at radius 1 is 1.00 bits per heavy atom. The molecule has 0 atom stereocenters. The van der Waals surface area contributed by atoms with Crippen LogP contribution in [0.5, 0.6) is 11.5 Å². The first-order chi connectivity index (χ1) is 14.1. The first kappa shape index (κ1) is 20.3. The molecule has 2 aromatic carbocycles. The Labute approximate surface area is 169 Å². The average Bonchev–Trinajstić information content (AvgIpc) is 3.14. The summed E-state index contributed by atoms with van der Waals surface area (Å²) in [6.45, 7) is 4.90. The quantitative estimate of drug-likeness (QED) is 0.510. The van der Waals surface area contributed by atoms with Gasteiger partial charge in [0.25, 0.3) is 5.91 Å². The molecule has 0 aliphatic carbocycles. The van der Waals surface area contributed by atoms with Crippen molar-refractivity contribution in [3.8, 4) is 11.5 Å². The third-order valence-corrected chi connectivity index (χ3v) is 4.31. The van der Waals surface area contributed by atoms with Gasteiger partial charge in [0, 0.05) is 22.7 Å². The summed E-state index contributed by atoms with van der Waals surface area (Å²) in [6.07, 6.45) is 2.82. The second-order valence-electron chi connectivity index (χ2n) is 6.48. The van der Waals surface area contributed by atoms with Gasteiger partial charge in [-0.2, -0.15) is 0 Å². The maximum Gasteiger partial charge on any atom is 0.269 e. The van der Waals surface area contributed by atoms with Gasteiger partial charge in [0.15, 0.2) is 11.5 Å². The number of rotatable bonds is 8. The van der Waals surface area contributed by atoms with Crippen molar-refractivity contribution in [2.24, 2.45) is 0 Å². The van der Waals surface area contributed by atoms with E-state index in [1.54, 1.807) is 24.4 Å². The van der Waals surface area contributed by atoms with Gasteiger partial charge < -0.3 is 14.5 Å². The van der Waals surface area contributed by atoms with Gasteiger partial charge in [-0.3, -0.25) is 20.4 Å². The van der Waals surface area contributed by atoms with E-state index in [4.69, 9.17) is 9.47 Å². The minimum Gasteiger partial charge on any atom is -0.490 e. The number of carbonyl (C=O) groups is 2. The van der Waals surface area contributed by atoms with E-state index >= 15 is 0 Å². The summed E-state index contributed by atoms with van der Waals surface area (Å²) < 4.78 is 11.2. The molecule has 7 heteroatoms. The lowest BCUT2D eigenvalue weighted by molar-refractivity contribution is -0.121. The number of benzene rings is 2. The van der Waals surface area contributed by atoms with Crippen LogP contribution >= 0.6 is 0 Å². The number of ether oxygens (including phenoxy) is 2. The van der Waals surface area contributed by atoms with E-state index < -0.39 is 5.91 Å². The molecule has 3 N–H and O–H groups in total. The zero-order valence-corrected chi connectivity index (χ0v) is 16.6. The Kier molecular flexibility index (Phi) is 6.73. The van der Waals surface area contributed by atoms with Crippen LogP contribution in [0.4, 0.5) is 0 Å². The Hall–Kier alpha value is -3.48.